The van der Waals surface area contributed by atoms with E-state index in [9.17, 15) is 9.90 Å². The molecule has 2 aromatic rings. The number of carbonyl (C=O) groups is 1. The normalized spacial score (nSPS) is 23.7. The van der Waals surface area contributed by atoms with Crippen LogP contribution < -0.4 is 0 Å². The van der Waals surface area contributed by atoms with Crippen molar-refractivity contribution in [2.45, 2.75) is 44.7 Å². The number of cyclic esters (lactones) is 1. The van der Waals surface area contributed by atoms with Crippen molar-refractivity contribution in [2.24, 2.45) is 5.92 Å². The number of aryl methyl sites for hydroxylation is 1. The van der Waals surface area contributed by atoms with Gasteiger partial charge in [-0.1, -0.05) is 60.7 Å². The number of aliphatic hydroxyl groups excluding tert-OH is 1. The Kier molecular flexibility index (Phi) is 5.21. The monoisotopic (exact) mass is 340 g/mol. The van der Waals surface area contributed by atoms with Crippen LogP contribution in [0.3, 0.4) is 0 Å². The number of hydrogen-bond donors (Lipinski definition) is 1. The second-order valence-electron chi connectivity index (χ2n) is 6.88. The molecule has 3 rings (SSSR count). The fraction of sp³-hybridized carbons (Fsp3) is 0.381. The third-order valence-corrected chi connectivity index (χ3v) is 4.50. The average Bonchev–Trinajstić information content (AvgIpc) is 2.60. The minimum absolute atomic E-state index is 0.410. The summed E-state index contributed by atoms with van der Waals surface area (Å²) in [5, 5.41) is 10.8. The summed E-state index contributed by atoms with van der Waals surface area (Å²) in [5.74, 6) is -2.13. The standard InChI is InChI=1S/C21H24O4/c1-21(2)24-17(14-13-15-9-5-3-6-10-15)18(20(23)25-21)19(22)16-11-7-4-8-12-16/h3-12,17-19,22H,13-14H2,1-2H3/t17-,18+,19-/m0/s1. The molecule has 4 heteroatoms. The fourth-order valence-corrected chi connectivity index (χ4v) is 3.31. The molecule has 4 nitrogen and oxygen atoms in total. The van der Waals surface area contributed by atoms with Crippen molar-refractivity contribution in [3.05, 3.63) is 71.8 Å². The highest BCUT2D eigenvalue weighted by Gasteiger charge is 2.46. The van der Waals surface area contributed by atoms with Crippen molar-refractivity contribution in [3.63, 3.8) is 0 Å². The van der Waals surface area contributed by atoms with Crippen LogP contribution in [0.25, 0.3) is 0 Å². The van der Waals surface area contributed by atoms with Gasteiger partial charge in [-0.25, -0.2) is 0 Å². The van der Waals surface area contributed by atoms with Gasteiger partial charge >= 0.3 is 5.97 Å². The molecule has 0 radical (unpaired) electrons. The summed E-state index contributed by atoms with van der Waals surface area (Å²) in [4.78, 5) is 12.6. The van der Waals surface area contributed by atoms with Gasteiger partial charge in [0.05, 0.1) is 12.2 Å². The SMILES string of the molecule is CC1(C)OC(=O)[C@@H]([C@@H](O)c2ccccc2)[C@H](CCc2ccccc2)O1. The Labute approximate surface area is 148 Å². The van der Waals surface area contributed by atoms with Gasteiger partial charge in [0.25, 0.3) is 0 Å². The molecule has 1 N–H and O–H groups in total. The van der Waals surface area contributed by atoms with Crippen molar-refractivity contribution < 1.29 is 19.4 Å². The Morgan fingerprint density at radius 2 is 1.64 bits per heavy atom. The molecule has 1 saturated heterocycles. The summed E-state index contributed by atoms with van der Waals surface area (Å²) in [5.41, 5.74) is 1.87. The summed E-state index contributed by atoms with van der Waals surface area (Å²) < 4.78 is 11.4. The van der Waals surface area contributed by atoms with Crippen molar-refractivity contribution in [2.75, 3.05) is 0 Å². The van der Waals surface area contributed by atoms with Crippen LogP contribution in [0.5, 0.6) is 0 Å². The third-order valence-electron chi connectivity index (χ3n) is 4.50. The summed E-state index contributed by atoms with van der Waals surface area (Å²) in [6.07, 6.45) is 0.0431. The molecule has 0 unspecified atom stereocenters. The topological polar surface area (TPSA) is 55.8 Å². The zero-order chi connectivity index (χ0) is 17.9. The van der Waals surface area contributed by atoms with Crippen LogP contribution in [0.1, 0.15) is 37.5 Å². The van der Waals surface area contributed by atoms with Gasteiger partial charge in [-0.2, -0.15) is 0 Å². The first-order valence-corrected chi connectivity index (χ1v) is 8.64. The largest absolute Gasteiger partial charge is 0.433 e. The number of carbonyl (C=O) groups excluding carboxylic acids is 1. The van der Waals surface area contributed by atoms with E-state index in [4.69, 9.17) is 9.47 Å². The van der Waals surface area contributed by atoms with Gasteiger partial charge in [-0.05, 0) is 24.0 Å². The highest BCUT2D eigenvalue weighted by atomic mass is 16.7. The lowest BCUT2D eigenvalue weighted by molar-refractivity contribution is -0.280. The number of ether oxygens (including phenoxy) is 2. The van der Waals surface area contributed by atoms with E-state index in [2.05, 4.69) is 12.1 Å². The molecule has 0 spiro atoms. The van der Waals surface area contributed by atoms with E-state index in [-0.39, 0.29) is 0 Å². The molecule has 25 heavy (non-hydrogen) atoms. The molecular weight excluding hydrogens is 316 g/mol. The lowest BCUT2D eigenvalue weighted by Crippen LogP contribution is -2.50. The van der Waals surface area contributed by atoms with Crippen molar-refractivity contribution >= 4 is 5.97 Å². The summed E-state index contributed by atoms with van der Waals surface area (Å²) >= 11 is 0. The van der Waals surface area contributed by atoms with E-state index in [0.29, 0.717) is 12.0 Å². The second kappa shape index (κ2) is 7.38. The van der Waals surface area contributed by atoms with Crippen LogP contribution in [0, 0.1) is 5.92 Å². The average molecular weight is 340 g/mol. The summed E-state index contributed by atoms with van der Waals surface area (Å²) in [7, 11) is 0. The molecule has 2 aromatic carbocycles. The Hall–Kier alpha value is -2.17. The van der Waals surface area contributed by atoms with Crippen LogP contribution in [0.15, 0.2) is 60.7 Å². The van der Waals surface area contributed by atoms with Gasteiger partial charge in [-0.3, -0.25) is 4.79 Å². The lowest BCUT2D eigenvalue weighted by Gasteiger charge is -2.41. The Bertz CT molecular complexity index is 696. The minimum atomic E-state index is -0.981. The number of rotatable bonds is 5. The van der Waals surface area contributed by atoms with E-state index in [1.54, 1.807) is 13.8 Å². The first kappa shape index (κ1) is 17.6. The van der Waals surface area contributed by atoms with Gasteiger partial charge in [-0.15, -0.1) is 0 Å². The lowest BCUT2D eigenvalue weighted by atomic mass is 9.86. The minimum Gasteiger partial charge on any atom is -0.433 e. The fourth-order valence-electron chi connectivity index (χ4n) is 3.31. The van der Waals surface area contributed by atoms with Crippen molar-refractivity contribution in [1.29, 1.82) is 0 Å². The highest BCUT2D eigenvalue weighted by molar-refractivity contribution is 5.75. The van der Waals surface area contributed by atoms with Crippen LogP contribution in [0.4, 0.5) is 0 Å². The summed E-state index contributed by atoms with van der Waals surface area (Å²) in [6, 6.07) is 19.2. The van der Waals surface area contributed by atoms with Crippen LogP contribution in [-0.2, 0) is 20.7 Å². The zero-order valence-corrected chi connectivity index (χ0v) is 14.6. The number of aliphatic hydroxyl groups is 1. The third kappa shape index (κ3) is 4.27. The van der Waals surface area contributed by atoms with Crippen LogP contribution in [0.2, 0.25) is 0 Å². The van der Waals surface area contributed by atoms with Gasteiger partial charge in [0.2, 0.25) is 5.79 Å². The zero-order valence-electron chi connectivity index (χ0n) is 14.6. The summed E-state index contributed by atoms with van der Waals surface area (Å²) in [6.45, 7) is 3.46. The highest BCUT2D eigenvalue weighted by Crippen LogP contribution is 2.37. The Morgan fingerprint density at radius 3 is 2.28 bits per heavy atom. The molecule has 0 amide bonds. The molecular formula is C21H24O4. The van der Waals surface area contributed by atoms with Crippen molar-refractivity contribution in [3.8, 4) is 0 Å². The molecule has 3 atom stereocenters. The number of esters is 1. The van der Waals surface area contributed by atoms with Crippen LogP contribution >= 0.6 is 0 Å². The Morgan fingerprint density at radius 1 is 1.04 bits per heavy atom. The molecule has 1 fully saturated rings. The van der Waals surface area contributed by atoms with Crippen LogP contribution in [-0.4, -0.2) is 23.0 Å². The number of benzene rings is 2. The Balaban J connectivity index is 1.80. The smallest absolute Gasteiger partial charge is 0.317 e. The molecule has 0 aromatic heterocycles. The molecule has 1 aliphatic heterocycles. The second-order valence-corrected chi connectivity index (χ2v) is 6.88. The molecule has 1 aliphatic rings. The maximum atomic E-state index is 12.6. The van der Waals surface area contributed by atoms with E-state index in [1.807, 2.05) is 48.5 Å². The molecule has 0 saturated carbocycles. The van der Waals surface area contributed by atoms with E-state index < -0.39 is 29.9 Å². The maximum Gasteiger partial charge on any atom is 0.317 e. The molecule has 0 aliphatic carbocycles. The number of hydrogen-bond acceptors (Lipinski definition) is 4. The van der Waals surface area contributed by atoms with Gasteiger partial charge < -0.3 is 14.6 Å². The maximum absolute atomic E-state index is 12.6. The quantitative estimate of drug-likeness (QED) is 0.844. The van der Waals surface area contributed by atoms with Gasteiger partial charge in [0.15, 0.2) is 0 Å². The van der Waals surface area contributed by atoms with E-state index in [1.165, 1.54) is 5.56 Å². The van der Waals surface area contributed by atoms with Gasteiger partial charge in [0.1, 0.15) is 5.92 Å². The molecule has 1 heterocycles. The van der Waals surface area contributed by atoms with Crippen molar-refractivity contribution in [1.82, 2.24) is 0 Å². The molecule has 0 bridgehead atoms. The predicted octanol–water partition coefficient (Wildman–Crippen LogP) is 3.65. The predicted molar refractivity (Wildman–Crippen MR) is 94.7 cm³/mol. The first-order valence-electron chi connectivity index (χ1n) is 8.64. The van der Waals surface area contributed by atoms with Gasteiger partial charge in [0, 0.05) is 13.8 Å². The first-order chi connectivity index (χ1) is 12.0. The molecule has 132 valence electrons. The van der Waals surface area contributed by atoms with E-state index >= 15 is 0 Å². The van der Waals surface area contributed by atoms with E-state index in [0.717, 1.165) is 6.42 Å².